The molecule has 23 heavy (non-hydrogen) atoms. The maximum Gasteiger partial charge on any atom is 0.262 e. The van der Waals surface area contributed by atoms with Crippen LogP contribution in [0.5, 0.6) is 11.5 Å². The lowest BCUT2D eigenvalue weighted by atomic mass is 10.1. The van der Waals surface area contributed by atoms with E-state index in [1.807, 2.05) is 36.6 Å². The van der Waals surface area contributed by atoms with Crippen LogP contribution in [0.4, 0.5) is 0 Å². The summed E-state index contributed by atoms with van der Waals surface area (Å²) in [5.74, 6) is 0.978. The molecule has 0 unspecified atom stereocenters. The van der Waals surface area contributed by atoms with Crippen molar-refractivity contribution in [3.8, 4) is 17.6 Å². The SMILES string of the molecule is Cc1ccsc1/C=C(\C#N)C(=O)NCc1ccc2c(c1)OCO2. The van der Waals surface area contributed by atoms with Crippen molar-refractivity contribution in [2.75, 3.05) is 6.79 Å². The fraction of sp³-hybridized carbons (Fsp3) is 0.176. The second-order valence-electron chi connectivity index (χ2n) is 5.01. The number of nitriles is 1. The summed E-state index contributed by atoms with van der Waals surface area (Å²) in [6.45, 7) is 2.48. The molecule has 1 aliphatic rings. The van der Waals surface area contributed by atoms with Gasteiger partial charge in [-0.25, -0.2) is 0 Å². The predicted molar refractivity (Wildman–Crippen MR) is 87.1 cm³/mol. The Morgan fingerprint density at radius 2 is 2.22 bits per heavy atom. The smallest absolute Gasteiger partial charge is 0.262 e. The van der Waals surface area contributed by atoms with Crippen molar-refractivity contribution < 1.29 is 14.3 Å². The molecule has 1 N–H and O–H groups in total. The Morgan fingerprint density at radius 1 is 1.39 bits per heavy atom. The molecular weight excluding hydrogens is 312 g/mol. The summed E-state index contributed by atoms with van der Waals surface area (Å²) in [5, 5.41) is 13.9. The molecule has 0 saturated heterocycles. The first-order valence-corrected chi connectivity index (χ1v) is 7.88. The first kappa shape index (κ1) is 15.1. The highest BCUT2D eigenvalue weighted by atomic mass is 32.1. The van der Waals surface area contributed by atoms with E-state index in [0.29, 0.717) is 18.0 Å². The highest BCUT2D eigenvalue weighted by Crippen LogP contribution is 2.32. The molecule has 0 fully saturated rings. The molecule has 116 valence electrons. The summed E-state index contributed by atoms with van der Waals surface area (Å²) in [6.07, 6.45) is 1.62. The van der Waals surface area contributed by atoms with Crippen LogP contribution < -0.4 is 14.8 Å². The lowest BCUT2D eigenvalue weighted by Gasteiger charge is -2.05. The number of nitrogens with one attached hydrogen (secondary N) is 1. The van der Waals surface area contributed by atoms with Gasteiger partial charge in [0.25, 0.3) is 5.91 Å². The quantitative estimate of drug-likeness (QED) is 0.692. The third-order valence-corrected chi connectivity index (χ3v) is 4.40. The minimum absolute atomic E-state index is 0.0938. The van der Waals surface area contributed by atoms with E-state index in [4.69, 9.17) is 9.47 Å². The Labute approximate surface area is 137 Å². The molecule has 0 bridgehead atoms. The van der Waals surface area contributed by atoms with Crippen molar-refractivity contribution in [2.24, 2.45) is 0 Å². The van der Waals surface area contributed by atoms with Crippen molar-refractivity contribution in [3.63, 3.8) is 0 Å². The normalized spacial score (nSPS) is 12.8. The van der Waals surface area contributed by atoms with Crippen molar-refractivity contribution in [3.05, 3.63) is 51.2 Å². The lowest BCUT2D eigenvalue weighted by molar-refractivity contribution is -0.117. The van der Waals surface area contributed by atoms with Crippen LogP contribution in [0.25, 0.3) is 6.08 Å². The molecule has 2 heterocycles. The van der Waals surface area contributed by atoms with Crippen LogP contribution in [0.1, 0.15) is 16.0 Å². The Kier molecular flexibility index (Phi) is 4.31. The van der Waals surface area contributed by atoms with E-state index in [2.05, 4.69) is 5.32 Å². The number of hydrogen-bond donors (Lipinski definition) is 1. The molecule has 0 saturated carbocycles. The number of amides is 1. The molecule has 1 aliphatic heterocycles. The minimum Gasteiger partial charge on any atom is -0.454 e. The van der Waals surface area contributed by atoms with Crippen LogP contribution in [-0.4, -0.2) is 12.7 Å². The monoisotopic (exact) mass is 326 g/mol. The first-order valence-electron chi connectivity index (χ1n) is 7.00. The number of rotatable bonds is 4. The van der Waals surface area contributed by atoms with Crippen LogP contribution in [0, 0.1) is 18.3 Å². The van der Waals surface area contributed by atoms with Gasteiger partial charge in [-0.15, -0.1) is 11.3 Å². The van der Waals surface area contributed by atoms with E-state index < -0.39 is 5.91 Å². The van der Waals surface area contributed by atoms with Gasteiger partial charge in [0.15, 0.2) is 11.5 Å². The minimum atomic E-state index is -0.391. The van der Waals surface area contributed by atoms with Gasteiger partial charge in [-0.05, 0) is 47.7 Å². The zero-order valence-corrected chi connectivity index (χ0v) is 13.3. The summed E-state index contributed by atoms with van der Waals surface area (Å²) >= 11 is 1.50. The Balaban J connectivity index is 1.68. The summed E-state index contributed by atoms with van der Waals surface area (Å²) < 4.78 is 10.5. The van der Waals surface area contributed by atoms with Gasteiger partial charge < -0.3 is 14.8 Å². The molecule has 3 rings (SSSR count). The largest absolute Gasteiger partial charge is 0.454 e. The number of hydrogen-bond acceptors (Lipinski definition) is 5. The second-order valence-corrected chi connectivity index (χ2v) is 5.96. The standard InChI is InChI=1S/C17H14N2O3S/c1-11-4-5-23-16(11)7-13(8-18)17(20)19-9-12-2-3-14-15(6-12)22-10-21-14/h2-7H,9-10H2,1H3,(H,19,20)/b13-7+. The van der Waals surface area contributed by atoms with Gasteiger partial charge in [0, 0.05) is 11.4 Å². The maximum atomic E-state index is 12.2. The third-order valence-electron chi connectivity index (χ3n) is 3.43. The van der Waals surface area contributed by atoms with Gasteiger partial charge in [0.1, 0.15) is 11.6 Å². The fourth-order valence-electron chi connectivity index (χ4n) is 2.14. The zero-order valence-electron chi connectivity index (χ0n) is 12.5. The van der Waals surface area contributed by atoms with Gasteiger partial charge in [-0.1, -0.05) is 6.07 Å². The van der Waals surface area contributed by atoms with E-state index in [1.165, 1.54) is 11.3 Å². The van der Waals surface area contributed by atoms with Gasteiger partial charge in [0.05, 0.1) is 0 Å². The number of carbonyl (C=O) groups excluding carboxylic acids is 1. The summed E-state index contributed by atoms with van der Waals surface area (Å²) in [7, 11) is 0. The Morgan fingerprint density at radius 3 is 2.96 bits per heavy atom. The topological polar surface area (TPSA) is 71.4 Å². The number of benzene rings is 1. The number of ether oxygens (including phenoxy) is 2. The van der Waals surface area contributed by atoms with E-state index in [1.54, 1.807) is 12.1 Å². The van der Waals surface area contributed by atoms with E-state index in [9.17, 15) is 10.1 Å². The van der Waals surface area contributed by atoms with Gasteiger partial charge >= 0.3 is 0 Å². The van der Waals surface area contributed by atoms with E-state index in [0.717, 1.165) is 16.0 Å². The van der Waals surface area contributed by atoms with Gasteiger partial charge in [-0.2, -0.15) is 5.26 Å². The molecule has 5 nitrogen and oxygen atoms in total. The highest BCUT2D eigenvalue weighted by Gasteiger charge is 2.14. The van der Waals surface area contributed by atoms with Crippen molar-refractivity contribution >= 4 is 23.3 Å². The summed E-state index contributed by atoms with van der Waals surface area (Å²) in [6, 6.07) is 9.39. The zero-order chi connectivity index (χ0) is 16.2. The van der Waals surface area contributed by atoms with E-state index in [-0.39, 0.29) is 12.4 Å². The number of aryl methyl sites for hydroxylation is 1. The third kappa shape index (κ3) is 3.35. The number of fused-ring (bicyclic) bond motifs is 1. The van der Waals surface area contributed by atoms with E-state index >= 15 is 0 Å². The molecule has 1 amide bonds. The number of thiophene rings is 1. The molecule has 6 heteroatoms. The molecule has 0 atom stereocenters. The Hall–Kier alpha value is -2.78. The molecule has 1 aromatic carbocycles. The molecule has 0 aliphatic carbocycles. The molecule has 1 aromatic heterocycles. The van der Waals surface area contributed by atoms with Gasteiger partial charge in [0.2, 0.25) is 6.79 Å². The van der Waals surface area contributed by atoms with Crippen LogP contribution in [0.3, 0.4) is 0 Å². The average molecular weight is 326 g/mol. The molecule has 0 spiro atoms. The Bertz CT molecular complexity index is 817. The van der Waals surface area contributed by atoms with Crippen molar-refractivity contribution in [1.82, 2.24) is 5.32 Å². The molecule has 2 aromatic rings. The summed E-state index contributed by atoms with van der Waals surface area (Å²) in [5.41, 5.74) is 2.02. The van der Waals surface area contributed by atoms with Crippen LogP contribution >= 0.6 is 11.3 Å². The van der Waals surface area contributed by atoms with Crippen LogP contribution in [0.15, 0.2) is 35.2 Å². The predicted octanol–water partition coefficient (Wildman–Crippen LogP) is 3.01. The van der Waals surface area contributed by atoms with Crippen molar-refractivity contribution in [1.29, 1.82) is 5.26 Å². The van der Waals surface area contributed by atoms with Crippen LogP contribution in [-0.2, 0) is 11.3 Å². The van der Waals surface area contributed by atoms with Gasteiger partial charge in [-0.3, -0.25) is 4.79 Å². The lowest BCUT2D eigenvalue weighted by Crippen LogP contribution is -2.23. The number of nitrogens with zero attached hydrogens (tertiary/aromatic N) is 1. The second kappa shape index (κ2) is 6.55. The maximum absolute atomic E-state index is 12.2. The fourth-order valence-corrected chi connectivity index (χ4v) is 3.00. The summed E-state index contributed by atoms with van der Waals surface area (Å²) in [4.78, 5) is 13.1. The average Bonchev–Trinajstić information content (AvgIpc) is 3.18. The highest BCUT2D eigenvalue weighted by molar-refractivity contribution is 7.11. The molecule has 0 radical (unpaired) electrons. The van der Waals surface area contributed by atoms with Crippen molar-refractivity contribution in [2.45, 2.75) is 13.5 Å². The first-order chi connectivity index (χ1) is 11.2. The van der Waals surface area contributed by atoms with Crippen LogP contribution in [0.2, 0.25) is 0 Å². The number of carbonyl (C=O) groups is 1. The molecular formula is C17H14N2O3S.